The zero-order valence-corrected chi connectivity index (χ0v) is 13.5. The van der Waals surface area contributed by atoms with E-state index in [1.54, 1.807) is 0 Å². The van der Waals surface area contributed by atoms with Crippen LogP contribution in [-0.4, -0.2) is 11.9 Å². The molecule has 0 heterocycles. The zero-order chi connectivity index (χ0) is 18.8. The van der Waals surface area contributed by atoms with E-state index in [4.69, 9.17) is 23.2 Å². The molecule has 0 fully saturated rings. The lowest BCUT2D eigenvalue weighted by atomic mass is 10.1. The largest absolute Gasteiger partial charge is 0.435 e. The van der Waals surface area contributed by atoms with Crippen molar-refractivity contribution in [1.82, 2.24) is 0 Å². The van der Waals surface area contributed by atoms with Crippen molar-refractivity contribution in [2.45, 2.75) is 12.4 Å². The quantitative estimate of drug-likeness (QED) is 0.360. The summed E-state index contributed by atoms with van der Waals surface area (Å²) in [6.45, 7) is 0. The Morgan fingerprint density at radius 1 is 0.880 bits per heavy atom. The van der Waals surface area contributed by atoms with E-state index in [0.29, 0.717) is 12.1 Å². The smallest absolute Gasteiger partial charge is 0.276 e. The molecule has 0 amide bonds. The van der Waals surface area contributed by atoms with E-state index in [-0.39, 0.29) is 16.3 Å². The summed E-state index contributed by atoms with van der Waals surface area (Å²) in [5, 5.41) is 3.07. The van der Waals surface area contributed by atoms with Crippen LogP contribution in [0.25, 0.3) is 0 Å². The molecule has 0 spiro atoms. The molecular formula is C15H8Cl2F6N2. The molecule has 0 aliphatic carbocycles. The minimum absolute atomic E-state index is 0.203. The van der Waals surface area contributed by atoms with Gasteiger partial charge in [0.15, 0.2) is 5.71 Å². The summed E-state index contributed by atoms with van der Waals surface area (Å²) in [5.41, 5.74) is -0.732. The Bertz CT molecular complexity index is 782. The second kappa shape index (κ2) is 7.13. The molecule has 0 saturated carbocycles. The van der Waals surface area contributed by atoms with Crippen molar-refractivity contribution in [1.29, 1.82) is 0 Å². The van der Waals surface area contributed by atoms with Crippen molar-refractivity contribution in [2.24, 2.45) is 5.10 Å². The highest BCUT2D eigenvalue weighted by molar-refractivity contribution is 6.33. The second-order valence-electron chi connectivity index (χ2n) is 4.77. The fourth-order valence-electron chi connectivity index (χ4n) is 1.80. The first-order chi connectivity index (χ1) is 11.5. The lowest BCUT2D eigenvalue weighted by molar-refractivity contribution is -0.137. The number of halogens is 8. The van der Waals surface area contributed by atoms with E-state index < -0.39 is 28.7 Å². The van der Waals surface area contributed by atoms with Crippen molar-refractivity contribution in [3.05, 3.63) is 63.6 Å². The van der Waals surface area contributed by atoms with E-state index in [1.807, 2.05) is 5.43 Å². The summed E-state index contributed by atoms with van der Waals surface area (Å²) >= 11 is 11.3. The molecule has 0 atom stereocenters. The van der Waals surface area contributed by atoms with Crippen LogP contribution in [0.1, 0.15) is 11.1 Å². The molecule has 0 radical (unpaired) electrons. The number of hydrazone groups is 1. The van der Waals surface area contributed by atoms with Gasteiger partial charge in [0, 0.05) is 10.6 Å². The zero-order valence-electron chi connectivity index (χ0n) is 12.0. The highest BCUT2D eigenvalue weighted by Crippen LogP contribution is 2.34. The predicted octanol–water partition coefficient (Wildman–Crippen LogP) is 6.39. The van der Waals surface area contributed by atoms with Crippen LogP contribution in [0.5, 0.6) is 0 Å². The standard InChI is InChI=1S/C15H8Cl2F6N2/c16-10-4-1-8(2-5-10)13(15(21,22)23)25-24-12-6-3-9(7-11(12)17)14(18,19)20/h1-7,24H/b25-13-. The molecule has 2 aromatic rings. The molecule has 134 valence electrons. The maximum absolute atomic E-state index is 13.1. The minimum Gasteiger partial charge on any atom is -0.276 e. The van der Waals surface area contributed by atoms with Gasteiger partial charge in [-0.1, -0.05) is 35.3 Å². The van der Waals surface area contributed by atoms with Gasteiger partial charge in [0.2, 0.25) is 0 Å². The molecule has 2 nitrogen and oxygen atoms in total. The Labute approximate surface area is 148 Å². The van der Waals surface area contributed by atoms with Crippen LogP contribution in [-0.2, 0) is 6.18 Å². The molecule has 0 aliphatic heterocycles. The van der Waals surface area contributed by atoms with Gasteiger partial charge in [-0.3, -0.25) is 5.43 Å². The van der Waals surface area contributed by atoms with Gasteiger partial charge in [-0.25, -0.2) is 0 Å². The number of nitrogens with one attached hydrogen (secondary N) is 1. The topological polar surface area (TPSA) is 24.4 Å². The van der Waals surface area contributed by atoms with Gasteiger partial charge in [-0.15, -0.1) is 0 Å². The fraction of sp³-hybridized carbons (Fsp3) is 0.133. The maximum atomic E-state index is 13.1. The number of benzene rings is 2. The van der Waals surface area contributed by atoms with Crippen molar-refractivity contribution in [3.8, 4) is 0 Å². The van der Waals surface area contributed by atoms with E-state index in [1.165, 1.54) is 12.1 Å². The summed E-state index contributed by atoms with van der Waals surface area (Å²) in [6, 6.07) is 6.90. The van der Waals surface area contributed by atoms with Gasteiger partial charge in [0.25, 0.3) is 0 Å². The highest BCUT2D eigenvalue weighted by atomic mass is 35.5. The number of alkyl halides is 6. The Morgan fingerprint density at radius 2 is 1.48 bits per heavy atom. The van der Waals surface area contributed by atoms with Crippen molar-refractivity contribution < 1.29 is 26.3 Å². The monoisotopic (exact) mass is 400 g/mol. The lowest BCUT2D eigenvalue weighted by Crippen LogP contribution is -2.25. The number of rotatable bonds is 3. The van der Waals surface area contributed by atoms with Crippen molar-refractivity contribution >= 4 is 34.6 Å². The molecule has 0 aromatic heterocycles. The molecule has 2 aromatic carbocycles. The van der Waals surface area contributed by atoms with Gasteiger partial charge in [-0.2, -0.15) is 31.4 Å². The Hall–Kier alpha value is -1.93. The SMILES string of the molecule is FC(F)(F)/C(=N\Nc1ccc(C(F)(F)F)cc1Cl)c1ccc(Cl)cc1. The lowest BCUT2D eigenvalue weighted by Gasteiger charge is -2.13. The summed E-state index contributed by atoms with van der Waals surface area (Å²) in [7, 11) is 0. The van der Waals surface area contributed by atoms with Crippen molar-refractivity contribution in [2.75, 3.05) is 5.43 Å². The normalized spacial score (nSPS) is 13.0. The molecule has 2 rings (SSSR count). The Kier molecular flexibility index (Phi) is 5.53. The molecule has 25 heavy (non-hydrogen) atoms. The van der Waals surface area contributed by atoms with Crippen molar-refractivity contribution in [3.63, 3.8) is 0 Å². The molecule has 0 unspecified atom stereocenters. The molecule has 1 N–H and O–H groups in total. The van der Waals surface area contributed by atoms with Crippen LogP contribution in [0.15, 0.2) is 47.6 Å². The highest BCUT2D eigenvalue weighted by Gasteiger charge is 2.37. The summed E-state index contributed by atoms with van der Waals surface area (Å²) in [6.07, 6.45) is -9.43. The summed E-state index contributed by atoms with van der Waals surface area (Å²) in [4.78, 5) is 0. The van der Waals surface area contributed by atoms with Crippen LogP contribution in [0, 0.1) is 0 Å². The Morgan fingerprint density at radius 3 is 1.96 bits per heavy atom. The number of anilines is 1. The van der Waals surface area contributed by atoms with Gasteiger partial charge in [-0.05, 0) is 30.3 Å². The molecule has 0 saturated heterocycles. The third-order valence-corrected chi connectivity index (χ3v) is 3.54. The average Bonchev–Trinajstić information content (AvgIpc) is 2.48. The molecule has 10 heteroatoms. The van der Waals surface area contributed by atoms with Gasteiger partial charge in [0.1, 0.15) is 0 Å². The van der Waals surface area contributed by atoms with Crippen LogP contribution in [0.2, 0.25) is 10.0 Å². The first kappa shape index (κ1) is 19.4. The van der Waals surface area contributed by atoms with E-state index in [2.05, 4.69) is 5.10 Å². The average molecular weight is 401 g/mol. The third-order valence-electron chi connectivity index (χ3n) is 2.97. The van der Waals surface area contributed by atoms with Crippen LogP contribution in [0.4, 0.5) is 32.0 Å². The third kappa shape index (κ3) is 5.02. The molecular weight excluding hydrogens is 393 g/mol. The fourth-order valence-corrected chi connectivity index (χ4v) is 2.15. The predicted molar refractivity (Wildman–Crippen MR) is 84.1 cm³/mol. The summed E-state index contributed by atoms with van der Waals surface area (Å²) < 4.78 is 77.1. The maximum Gasteiger partial charge on any atom is 0.435 e. The van der Waals surface area contributed by atoms with E-state index in [9.17, 15) is 26.3 Å². The molecule has 0 bridgehead atoms. The minimum atomic E-state index is -4.81. The van der Waals surface area contributed by atoms with Gasteiger partial charge >= 0.3 is 12.4 Å². The first-order valence-electron chi connectivity index (χ1n) is 6.52. The Balaban J connectivity index is 2.35. The van der Waals surface area contributed by atoms with Crippen LogP contribution >= 0.6 is 23.2 Å². The van der Waals surface area contributed by atoms with Gasteiger partial charge < -0.3 is 0 Å². The number of hydrogen-bond acceptors (Lipinski definition) is 2. The number of nitrogens with zero attached hydrogens (tertiary/aromatic N) is 1. The summed E-state index contributed by atoms with van der Waals surface area (Å²) in [5.74, 6) is 0. The van der Waals surface area contributed by atoms with Gasteiger partial charge in [0.05, 0.1) is 16.3 Å². The van der Waals surface area contributed by atoms with Crippen LogP contribution in [0.3, 0.4) is 0 Å². The molecule has 0 aliphatic rings. The first-order valence-corrected chi connectivity index (χ1v) is 7.27. The van der Waals surface area contributed by atoms with E-state index >= 15 is 0 Å². The van der Waals surface area contributed by atoms with Crippen LogP contribution < -0.4 is 5.43 Å². The second-order valence-corrected chi connectivity index (χ2v) is 5.61. The van der Waals surface area contributed by atoms with E-state index in [0.717, 1.165) is 18.2 Å². The number of hydrogen-bond donors (Lipinski definition) is 1.